The number of aryl methyl sites for hydroxylation is 1. The fourth-order valence-electron chi connectivity index (χ4n) is 2.02. The molecule has 0 bridgehead atoms. The van der Waals surface area contributed by atoms with Crippen molar-refractivity contribution in [2.75, 3.05) is 5.75 Å². The maximum Gasteiger partial charge on any atom is 0.210 e. The number of hydrogen-bond donors (Lipinski definition) is 1. The zero-order chi connectivity index (χ0) is 11.8. The molecule has 0 atom stereocenters. The van der Waals surface area contributed by atoms with Crippen LogP contribution in [0.5, 0.6) is 0 Å². The third-order valence-electron chi connectivity index (χ3n) is 2.81. The van der Waals surface area contributed by atoms with E-state index in [1.54, 1.807) is 12.3 Å². The van der Waals surface area contributed by atoms with Crippen molar-refractivity contribution >= 4 is 15.8 Å². The van der Waals surface area contributed by atoms with Gasteiger partial charge < -0.3 is 4.57 Å². The molecule has 1 aliphatic carbocycles. The first-order chi connectivity index (χ1) is 7.47. The van der Waals surface area contributed by atoms with E-state index in [0.717, 1.165) is 24.1 Å². The monoisotopic (exact) mass is 242 g/mol. The Kier molecular flexibility index (Phi) is 2.86. The van der Waals surface area contributed by atoms with E-state index in [-0.39, 0.29) is 11.5 Å². The molecular weight excluding hydrogens is 228 g/mol. The van der Waals surface area contributed by atoms with Crippen molar-refractivity contribution in [1.82, 2.24) is 4.57 Å². The molecule has 2 rings (SSSR count). The number of ketones is 1. The van der Waals surface area contributed by atoms with Gasteiger partial charge in [0.2, 0.25) is 10.0 Å². The fourth-order valence-corrected chi connectivity index (χ4v) is 2.47. The Hall–Kier alpha value is -1.14. The van der Waals surface area contributed by atoms with Crippen molar-refractivity contribution in [2.45, 2.75) is 25.8 Å². The molecule has 0 unspecified atom stereocenters. The lowest BCUT2D eigenvalue weighted by molar-refractivity contribution is 0.0972. The van der Waals surface area contributed by atoms with Gasteiger partial charge in [-0.3, -0.25) is 4.79 Å². The molecule has 0 spiro atoms. The highest BCUT2D eigenvalue weighted by Gasteiger charge is 2.20. The first-order valence-electron chi connectivity index (χ1n) is 5.19. The molecule has 0 radical (unpaired) electrons. The van der Waals surface area contributed by atoms with E-state index >= 15 is 0 Å². The number of fused-ring (bicyclic) bond motifs is 1. The summed E-state index contributed by atoms with van der Waals surface area (Å²) >= 11 is 0. The molecule has 0 saturated carbocycles. The number of hydrogen-bond acceptors (Lipinski definition) is 3. The summed E-state index contributed by atoms with van der Waals surface area (Å²) in [7, 11) is -3.45. The summed E-state index contributed by atoms with van der Waals surface area (Å²) in [6.07, 6.45) is 4.02. The molecule has 1 heterocycles. The summed E-state index contributed by atoms with van der Waals surface area (Å²) in [5, 5.41) is 4.95. The van der Waals surface area contributed by atoms with E-state index in [1.165, 1.54) is 0 Å². The number of nitrogens with zero attached hydrogens (tertiary/aromatic N) is 1. The highest BCUT2D eigenvalue weighted by atomic mass is 32.2. The standard InChI is InChI=1S/C10H14N2O3S/c11-16(14,15)7-6-12-5-4-8-9(12)2-1-3-10(8)13/h4-5H,1-3,6-7H2,(H2,11,14,15). The van der Waals surface area contributed by atoms with Crippen molar-refractivity contribution in [1.29, 1.82) is 0 Å². The highest BCUT2D eigenvalue weighted by Crippen LogP contribution is 2.22. The second-order valence-corrected chi connectivity index (χ2v) is 5.75. The van der Waals surface area contributed by atoms with Crippen molar-refractivity contribution in [3.63, 3.8) is 0 Å². The second kappa shape index (κ2) is 4.03. The third kappa shape index (κ3) is 2.33. The zero-order valence-corrected chi connectivity index (χ0v) is 9.66. The molecule has 0 fully saturated rings. The van der Waals surface area contributed by atoms with Gasteiger partial charge in [-0.15, -0.1) is 0 Å². The molecule has 1 aliphatic rings. The number of Topliss-reactive ketones (excluding diaryl/α,β-unsaturated/α-hetero) is 1. The summed E-state index contributed by atoms with van der Waals surface area (Å²) in [5.74, 6) is 0.0538. The van der Waals surface area contributed by atoms with Gasteiger partial charge in [-0.25, -0.2) is 13.6 Å². The van der Waals surface area contributed by atoms with E-state index in [4.69, 9.17) is 5.14 Å². The normalized spacial score (nSPS) is 16.2. The van der Waals surface area contributed by atoms with Crippen LogP contribution < -0.4 is 5.14 Å². The van der Waals surface area contributed by atoms with E-state index < -0.39 is 10.0 Å². The van der Waals surface area contributed by atoms with Crippen LogP contribution in [-0.4, -0.2) is 24.5 Å². The van der Waals surface area contributed by atoms with Gasteiger partial charge in [0.1, 0.15) is 0 Å². The van der Waals surface area contributed by atoms with Gasteiger partial charge in [0.05, 0.1) is 5.75 Å². The molecule has 0 aromatic carbocycles. The maximum atomic E-state index is 11.5. The van der Waals surface area contributed by atoms with E-state index in [9.17, 15) is 13.2 Å². The fraction of sp³-hybridized carbons (Fsp3) is 0.500. The molecule has 0 aliphatic heterocycles. The largest absolute Gasteiger partial charge is 0.350 e. The van der Waals surface area contributed by atoms with Gasteiger partial charge >= 0.3 is 0 Å². The summed E-state index contributed by atoms with van der Waals surface area (Å²) in [6, 6.07) is 1.76. The van der Waals surface area contributed by atoms with E-state index in [1.807, 2.05) is 4.57 Å². The van der Waals surface area contributed by atoms with Gasteiger partial charge in [0, 0.05) is 30.4 Å². The quantitative estimate of drug-likeness (QED) is 0.827. The Morgan fingerprint density at radius 3 is 2.81 bits per heavy atom. The first-order valence-corrected chi connectivity index (χ1v) is 6.90. The zero-order valence-electron chi connectivity index (χ0n) is 8.85. The van der Waals surface area contributed by atoms with Crippen molar-refractivity contribution < 1.29 is 13.2 Å². The molecule has 88 valence electrons. The molecule has 0 saturated heterocycles. The van der Waals surface area contributed by atoms with Crippen LogP contribution in [0, 0.1) is 0 Å². The smallest absolute Gasteiger partial charge is 0.210 e. The number of aromatic nitrogens is 1. The van der Waals surface area contributed by atoms with E-state index in [0.29, 0.717) is 13.0 Å². The first kappa shape index (κ1) is 11.3. The Morgan fingerprint density at radius 1 is 1.38 bits per heavy atom. The van der Waals surface area contributed by atoms with Crippen molar-refractivity contribution in [3.05, 3.63) is 23.5 Å². The molecule has 6 heteroatoms. The molecule has 1 aromatic heterocycles. The Labute approximate surface area is 94.3 Å². The number of primary sulfonamides is 1. The van der Waals surface area contributed by atoms with E-state index in [2.05, 4.69) is 0 Å². The highest BCUT2D eigenvalue weighted by molar-refractivity contribution is 7.89. The Bertz CT molecular complexity index is 516. The minimum atomic E-state index is -3.45. The topological polar surface area (TPSA) is 82.2 Å². The number of nitrogens with two attached hydrogens (primary N) is 1. The van der Waals surface area contributed by atoms with Crippen LogP contribution >= 0.6 is 0 Å². The lowest BCUT2D eigenvalue weighted by Gasteiger charge is -2.14. The van der Waals surface area contributed by atoms with Gasteiger partial charge in [-0.2, -0.15) is 0 Å². The number of carbonyl (C=O) groups excluding carboxylic acids is 1. The van der Waals surface area contributed by atoms with Crippen LogP contribution in [0.1, 0.15) is 28.9 Å². The summed E-state index contributed by atoms with van der Waals surface area (Å²) in [6.45, 7) is 0.321. The number of rotatable bonds is 3. The average Bonchev–Trinajstić information content (AvgIpc) is 2.58. The van der Waals surface area contributed by atoms with Crippen molar-refractivity contribution in [2.24, 2.45) is 5.14 Å². The lowest BCUT2D eigenvalue weighted by atomic mass is 9.97. The Morgan fingerprint density at radius 2 is 2.12 bits per heavy atom. The van der Waals surface area contributed by atoms with Crippen LogP contribution in [0.15, 0.2) is 12.3 Å². The summed E-state index contributed by atoms with van der Waals surface area (Å²) < 4.78 is 23.5. The van der Waals surface area contributed by atoms with Gasteiger partial charge in [0.15, 0.2) is 5.78 Å². The van der Waals surface area contributed by atoms with Gasteiger partial charge in [-0.05, 0) is 18.9 Å². The van der Waals surface area contributed by atoms with Crippen LogP contribution in [0.25, 0.3) is 0 Å². The molecule has 2 N–H and O–H groups in total. The maximum absolute atomic E-state index is 11.5. The Balaban J connectivity index is 2.21. The molecule has 5 nitrogen and oxygen atoms in total. The minimum Gasteiger partial charge on any atom is -0.350 e. The SMILES string of the molecule is NS(=O)(=O)CCn1ccc2c1CCCC2=O. The second-order valence-electron chi connectivity index (χ2n) is 4.01. The average molecular weight is 242 g/mol. The van der Waals surface area contributed by atoms with Crippen LogP contribution in [0.2, 0.25) is 0 Å². The predicted molar refractivity (Wildman–Crippen MR) is 59.7 cm³/mol. The summed E-state index contributed by atoms with van der Waals surface area (Å²) in [5.41, 5.74) is 1.68. The van der Waals surface area contributed by atoms with Crippen LogP contribution in [0.3, 0.4) is 0 Å². The van der Waals surface area contributed by atoms with Crippen LogP contribution in [-0.2, 0) is 23.0 Å². The van der Waals surface area contributed by atoms with Crippen molar-refractivity contribution in [3.8, 4) is 0 Å². The lowest BCUT2D eigenvalue weighted by Crippen LogP contribution is -2.22. The molecule has 1 aromatic rings. The van der Waals surface area contributed by atoms with Gasteiger partial charge in [0.25, 0.3) is 0 Å². The third-order valence-corrected chi connectivity index (χ3v) is 3.56. The molecule has 0 amide bonds. The van der Waals surface area contributed by atoms with Crippen LogP contribution in [0.4, 0.5) is 0 Å². The number of carbonyl (C=O) groups is 1. The predicted octanol–water partition coefficient (Wildman–Crippen LogP) is 0.296. The summed E-state index contributed by atoms with van der Waals surface area (Å²) in [4.78, 5) is 11.5. The van der Waals surface area contributed by atoms with Gasteiger partial charge in [-0.1, -0.05) is 0 Å². The molecular formula is C10H14N2O3S. The molecule has 16 heavy (non-hydrogen) atoms. The number of sulfonamides is 1. The minimum absolute atomic E-state index is 0.0949.